The van der Waals surface area contributed by atoms with Crippen molar-refractivity contribution in [1.82, 2.24) is 9.99 Å². The molecular weight excluding hydrogens is 472 g/mol. The number of para-hydroxylation sites is 1. The Labute approximate surface area is 212 Å². The number of nitrogens with one attached hydrogen (secondary N) is 1. The summed E-state index contributed by atoms with van der Waals surface area (Å²) < 4.78 is 28.5. The van der Waals surface area contributed by atoms with Crippen LogP contribution in [0.3, 0.4) is 0 Å². The van der Waals surface area contributed by atoms with Crippen molar-refractivity contribution in [3.8, 4) is 5.69 Å². The zero-order valence-corrected chi connectivity index (χ0v) is 21.9. The first kappa shape index (κ1) is 25.2. The van der Waals surface area contributed by atoms with Crippen molar-refractivity contribution in [1.29, 1.82) is 0 Å². The molecule has 3 aromatic carbocycles. The SMILES string of the molecule is Cc1cccc(C)c1-n1c(C)cc(/C=N/NC(=O)CN(c2cccc3ccccc23)S(C)(=O)=O)c1C. The summed E-state index contributed by atoms with van der Waals surface area (Å²) in [5, 5.41) is 5.77. The van der Waals surface area contributed by atoms with Gasteiger partial charge in [0.2, 0.25) is 10.0 Å². The highest BCUT2D eigenvalue weighted by molar-refractivity contribution is 7.92. The monoisotopic (exact) mass is 502 g/mol. The maximum Gasteiger partial charge on any atom is 0.260 e. The molecule has 0 saturated heterocycles. The maximum atomic E-state index is 12.7. The predicted molar refractivity (Wildman–Crippen MR) is 147 cm³/mol. The number of benzene rings is 3. The Balaban J connectivity index is 1.55. The highest BCUT2D eigenvalue weighted by atomic mass is 32.2. The van der Waals surface area contributed by atoms with Crippen LogP contribution in [0.2, 0.25) is 0 Å². The topological polar surface area (TPSA) is 83.8 Å². The molecule has 0 aliphatic rings. The van der Waals surface area contributed by atoms with Gasteiger partial charge in [0.1, 0.15) is 6.54 Å². The molecule has 0 fully saturated rings. The summed E-state index contributed by atoms with van der Waals surface area (Å²) >= 11 is 0. The number of hydrazone groups is 1. The molecular formula is C28H30N4O3S. The van der Waals surface area contributed by atoms with Gasteiger partial charge in [0.25, 0.3) is 5.91 Å². The highest BCUT2D eigenvalue weighted by Gasteiger charge is 2.22. The van der Waals surface area contributed by atoms with E-state index < -0.39 is 15.9 Å². The third kappa shape index (κ3) is 5.04. The predicted octanol–water partition coefficient (Wildman–Crippen LogP) is 4.78. The molecule has 186 valence electrons. The Hall–Kier alpha value is -3.91. The van der Waals surface area contributed by atoms with Crippen molar-refractivity contribution in [3.63, 3.8) is 0 Å². The molecule has 1 aromatic heterocycles. The number of carbonyl (C=O) groups excluding carboxylic acids is 1. The summed E-state index contributed by atoms with van der Waals surface area (Å²) in [6.07, 6.45) is 2.68. The second kappa shape index (κ2) is 9.99. The molecule has 1 heterocycles. The molecule has 4 aromatic rings. The molecule has 0 radical (unpaired) electrons. The van der Waals surface area contributed by atoms with E-state index in [2.05, 4.69) is 41.1 Å². The number of hydrogen-bond acceptors (Lipinski definition) is 4. The summed E-state index contributed by atoms with van der Waals surface area (Å²) in [4.78, 5) is 12.7. The second-order valence-corrected chi connectivity index (χ2v) is 10.9. The van der Waals surface area contributed by atoms with Gasteiger partial charge in [-0.25, -0.2) is 13.8 Å². The highest BCUT2D eigenvalue weighted by Crippen LogP contribution is 2.28. The molecule has 4 rings (SSSR count). The molecule has 0 atom stereocenters. The summed E-state index contributed by atoms with van der Waals surface area (Å²) in [5.41, 5.74) is 9.32. The average molecular weight is 503 g/mol. The first-order chi connectivity index (χ1) is 17.1. The van der Waals surface area contributed by atoms with Gasteiger partial charge in [-0.3, -0.25) is 9.10 Å². The van der Waals surface area contributed by atoms with E-state index in [0.29, 0.717) is 5.69 Å². The van der Waals surface area contributed by atoms with Crippen molar-refractivity contribution in [2.75, 3.05) is 17.1 Å². The Morgan fingerprint density at radius 2 is 1.61 bits per heavy atom. The first-order valence-electron chi connectivity index (χ1n) is 11.6. The number of fused-ring (bicyclic) bond motifs is 1. The Morgan fingerprint density at radius 3 is 2.31 bits per heavy atom. The molecule has 0 bridgehead atoms. The van der Waals surface area contributed by atoms with E-state index in [0.717, 1.165) is 44.0 Å². The van der Waals surface area contributed by atoms with Crippen LogP contribution in [0, 0.1) is 27.7 Å². The third-order valence-electron chi connectivity index (χ3n) is 6.25. The lowest BCUT2D eigenvalue weighted by Crippen LogP contribution is -2.39. The molecule has 36 heavy (non-hydrogen) atoms. The minimum absolute atomic E-state index is 0.383. The van der Waals surface area contributed by atoms with E-state index in [4.69, 9.17) is 0 Å². The van der Waals surface area contributed by atoms with Gasteiger partial charge in [0, 0.05) is 22.3 Å². The number of hydrogen-bond donors (Lipinski definition) is 1. The quantitative estimate of drug-likeness (QED) is 0.292. The average Bonchev–Trinajstić information content (AvgIpc) is 3.09. The second-order valence-electron chi connectivity index (χ2n) is 8.96. The zero-order valence-electron chi connectivity index (χ0n) is 21.1. The van der Waals surface area contributed by atoms with Gasteiger partial charge in [0.05, 0.1) is 23.8 Å². The lowest BCUT2D eigenvalue weighted by Gasteiger charge is -2.23. The number of sulfonamides is 1. The number of rotatable bonds is 7. The number of aromatic nitrogens is 1. The van der Waals surface area contributed by atoms with E-state index >= 15 is 0 Å². The lowest BCUT2D eigenvalue weighted by atomic mass is 10.1. The van der Waals surface area contributed by atoms with Crippen molar-refractivity contribution in [2.45, 2.75) is 27.7 Å². The fourth-order valence-electron chi connectivity index (χ4n) is 4.57. The van der Waals surface area contributed by atoms with Crippen LogP contribution in [0.25, 0.3) is 16.5 Å². The first-order valence-corrected chi connectivity index (χ1v) is 13.5. The van der Waals surface area contributed by atoms with E-state index in [1.54, 1.807) is 18.3 Å². The lowest BCUT2D eigenvalue weighted by molar-refractivity contribution is -0.119. The molecule has 0 saturated carbocycles. The van der Waals surface area contributed by atoms with Gasteiger partial charge >= 0.3 is 0 Å². The zero-order chi connectivity index (χ0) is 26.0. The van der Waals surface area contributed by atoms with Crippen LogP contribution in [0.1, 0.15) is 28.1 Å². The summed E-state index contributed by atoms with van der Waals surface area (Å²) in [7, 11) is -3.71. The molecule has 8 heteroatoms. The van der Waals surface area contributed by atoms with Gasteiger partial charge in [0.15, 0.2) is 0 Å². The fourth-order valence-corrected chi connectivity index (χ4v) is 5.44. The van der Waals surface area contributed by atoms with Crippen LogP contribution >= 0.6 is 0 Å². The normalized spacial score (nSPS) is 11.8. The standard InChI is InChI=1S/C28H30N4O3S/c1-19-10-8-11-20(2)28(19)32-21(3)16-24(22(32)4)17-29-30-27(33)18-31(36(5,34)35)26-15-9-13-23-12-6-7-14-25(23)26/h6-17H,18H2,1-5H3,(H,30,33)/b29-17+. The van der Waals surface area contributed by atoms with Crippen LogP contribution in [0.15, 0.2) is 71.8 Å². The Morgan fingerprint density at radius 1 is 0.972 bits per heavy atom. The van der Waals surface area contributed by atoms with Crippen LogP contribution in [0.5, 0.6) is 0 Å². The van der Waals surface area contributed by atoms with Gasteiger partial charge in [-0.1, -0.05) is 54.6 Å². The van der Waals surface area contributed by atoms with Gasteiger partial charge in [-0.05, 0) is 56.3 Å². The van der Waals surface area contributed by atoms with E-state index in [1.807, 2.05) is 56.3 Å². The smallest absolute Gasteiger partial charge is 0.260 e. The number of anilines is 1. The number of aryl methyl sites for hydroxylation is 3. The largest absolute Gasteiger partial charge is 0.317 e. The van der Waals surface area contributed by atoms with Crippen LogP contribution in [0.4, 0.5) is 5.69 Å². The summed E-state index contributed by atoms with van der Waals surface area (Å²) in [6, 6.07) is 21.1. The van der Waals surface area contributed by atoms with E-state index in [1.165, 1.54) is 11.1 Å². The molecule has 0 aliphatic heterocycles. The Bertz CT molecular complexity index is 1560. The van der Waals surface area contributed by atoms with Crippen LogP contribution in [-0.4, -0.2) is 37.9 Å². The minimum Gasteiger partial charge on any atom is -0.317 e. The van der Waals surface area contributed by atoms with Gasteiger partial charge < -0.3 is 4.57 Å². The van der Waals surface area contributed by atoms with E-state index in [-0.39, 0.29) is 6.54 Å². The molecule has 1 amide bonds. The maximum absolute atomic E-state index is 12.7. The summed E-state index contributed by atoms with van der Waals surface area (Å²) in [5.74, 6) is -0.534. The molecule has 7 nitrogen and oxygen atoms in total. The summed E-state index contributed by atoms with van der Waals surface area (Å²) in [6.45, 7) is 7.82. The third-order valence-corrected chi connectivity index (χ3v) is 7.38. The minimum atomic E-state index is -3.71. The van der Waals surface area contributed by atoms with Crippen LogP contribution < -0.4 is 9.73 Å². The fraction of sp³-hybridized carbons (Fsp3) is 0.214. The number of nitrogens with zero attached hydrogens (tertiary/aromatic N) is 3. The molecule has 0 spiro atoms. The molecule has 1 N–H and O–H groups in total. The van der Waals surface area contributed by atoms with Crippen LogP contribution in [-0.2, 0) is 14.8 Å². The number of carbonyl (C=O) groups is 1. The van der Waals surface area contributed by atoms with E-state index in [9.17, 15) is 13.2 Å². The van der Waals surface area contributed by atoms with Crippen molar-refractivity contribution < 1.29 is 13.2 Å². The molecule has 0 aliphatic carbocycles. The number of amides is 1. The Kier molecular flexibility index (Phi) is 6.99. The molecule has 0 unspecified atom stereocenters. The van der Waals surface area contributed by atoms with Gasteiger partial charge in [-0.15, -0.1) is 0 Å². The van der Waals surface area contributed by atoms with Crippen molar-refractivity contribution in [3.05, 3.63) is 94.8 Å². The van der Waals surface area contributed by atoms with Gasteiger partial charge in [-0.2, -0.15) is 5.10 Å². The van der Waals surface area contributed by atoms with Crippen molar-refractivity contribution >= 4 is 38.6 Å². The van der Waals surface area contributed by atoms with Crippen molar-refractivity contribution in [2.24, 2.45) is 5.10 Å².